The molecule has 106 valence electrons. The predicted molar refractivity (Wildman–Crippen MR) is 76.6 cm³/mol. The first-order valence-electron chi connectivity index (χ1n) is 7.79. The van der Waals surface area contributed by atoms with E-state index in [0.717, 1.165) is 24.8 Å². The molecule has 2 rings (SSSR count). The summed E-state index contributed by atoms with van der Waals surface area (Å²) in [6, 6.07) is 1.35. The Bertz CT molecular complexity index is 265. The zero-order chi connectivity index (χ0) is 13.3. The molecule has 2 fully saturated rings. The molecule has 0 aromatic heterocycles. The number of nitrogens with zero attached hydrogens (tertiary/aromatic N) is 1. The average molecular weight is 253 g/mol. The van der Waals surface area contributed by atoms with E-state index in [-0.39, 0.29) is 6.10 Å². The van der Waals surface area contributed by atoms with Crippen LogP contribution < -0.4 is 0 Å². The second kappa shape index (κ2) is 5.50. The maximum Gasteiger partial charge on any atom is 0.0555 e. The maximum absolute atomic E-state index is 10.0. The van der Waals surface area contributed by atoms with Crippen LogP contribution in [0.15, 0.2) is 0 Å². The first-order chi connectivity index (χ1) is 8.39. The summed E-state index contributed by atoms with van der Waals surface area (Å²) in [5, 5.41) is 10.0. The van der Waals surface area contributed by atoms with Crippen LogP contribution in [-0.4, -0.2) is 35.2 Å². The minimum absolute atomic E-state index is 0.0718. The lowest BCUT2D eigenvalue weighted by Crippen LogP contribution is -2.51. The van der Waals surface area contributed by atoms with Crippen LogP contribution in [0, 0.1) is 11.3 Å². The standard InChI is InChI=1S/C16H31NO/c1-16(2,3)14-10-9-13(18)11-15(14)17(4)12-7-5-6-8-12/h12-15,18H,5-11H2,1-4H3. The number of rotatable bonds is 2. The van der Waals surface area contributed by atoms with Crippen LogP contribution in [0.5, 0.6) is 0 Å². The zero-order valence-electron chi connectivity index (χ0n) is 12.7. The largest absolute Gasteiger partial charge is 0.393 e. The lowest BCUT2D eigenvalue weighted by Gasteiger charge is -2.47. The van der Waals surface area contributed by atoms with Crippen molar-refractivity contribution in [3.8, 4) is 0 Å². The van der Waals surface area contributed by atoms with E-state index >= 15 is 0 Å². The van der Waals surface area contributed by atoms with Gasteiger partial charge in [0.05, 0.1) is 6.10 Å². The molecule has 0 heterocycles. The topological polar surface area (TPSA) is 23.5 Å². The molecule has 0 radical (unpaired) electrons. The van der Waals surface area contributed by atoms with Crippen molar-refractivity contribution in [2.24, 2.45) is 11.3 Å². The Balaban J connectivity index is 2.09. The van der Waals surface area contributed by atoms with E-state index in [2.05, 4.69) is 32.7 Å². The fourth-order valence-corrected chi connectivity index (χ4v) is 4.17. The van der Waals surface area contributed by atoms with Crippen molar-refractivity contribution >= 4 is 0 Å². The molecule has 2 heteroatoms. The smallest absolute Gasteiger partial charge is 0.0555 e. The second-order valence-corrected chi connectivity index (χ2v) is 7.61. The van der Waals surface area contributed by atoms with Crippen LogP contribution in [-0.2, 0) is 0 Å². The number of aliphatic hydroxyl groups excluding tert-OH is 1. The summed E-state index contributed by atoms with van der Waals surface area (Å²) >= 11 is 0. The molecule has 3 atom stereocenters. The quantitative estimate of drug-likeness (QED) is 0.815. The molecule has 0 bridgehead atoms. The predicted octanol–water partition coefficient (Wildman–Crippen LogP) is 3.44. The summed E-state index contributed by atoms with van der Waals surface area (Å²) in [4.78, 5) is 2.62. The van der Waals surface area contributed by atoms with E-state index in [9.17, 15) is 5.11 Å². The minimum Gasteiger partial charge on any atom is -0.393 e. The molecule has 2 nitrogen and oxygen atoms in total. The Labute approximate surface area is 113 Å². The van der Waals surface area contributed by atoms with Crippen LogP contribution in [0.25, 0.3) is 0 Å². The van der Waals surface area contributed by atoms with Gasteiger partial charge in [-0.15, -0.1) is 0 Å². The third kappa shape index (κ3) is 3.08. The van der Waals surface area contributed by atoms with E-state index in [1.807, 2.05) is 0 Å². The molecule has 0 aromatic carbocycles. The van der Waals surface area contributed by atoms with Gasteiger partial charge in [0.1, 0.15) is 0 Å². The summed E-state index contributed by atoms with van der Waals surface area (Å²) in [7, 11) is 2.30. The SMILES string of the molecule is CN(C1CCCC1)C1CC(O)CCC1C(C)(C)C. The van der Waals surface area contributed by atoms with Crippen molar-refractivity contribution in [3.05, 3.63) is 0 Å². The highest BCUT2D eigenvalue weighted by Gasteiger charge is 2.40. The molecule has 18 heavy (non-hydrogen) atoms. The first-order valence-corrected chi connectivity index (χ1v) is 7.79. The van der Waals surface area contributed by atoms with Crippen LogP contribution in [0.3, 0.4) is 0 Å². The van der Waals surface area contributed by atoms with Crippen LogP contribution in [0.1, 0.15) is 65.7 Å². The molecule has 0 saturated heterocycles. The molecule has 3 unspecified atom stereocenters. The average Bonchev–Trinajstić information content (AvgIpc) is 2.79. The highest BCUT2D eigenvalue weighted by atomic mass is 16.3. The van der Waals surface area contributed by atoms with Crippen LogP contribution in [0.4, 0.5) is 0 Å². The number of hydrogen-bond donors (Lipinski definition) is 1. The van der Waals surface area contributed by atoms with E-state index in [4.69, 9.17) is 0 Å². The van der Waals surface area contributed by atoms with Gasteiger partial charge in [-0.05, 0) is 50.5 Å². The minimum atomic E-state index is -0.0718. The molecule has 1 N–H and O–H groups in total. The molecule has 0 amide bonds. The molecule has 2 saturated carbocycles. The van der Waals surface area contributed by atoms with Crippen molar-refractivity contribution in [2.75, 3.05) is 7.05 Å². The third-order valence-corrected chi connectivity index (χ3v) is 5.33. The van der Waals surface area contributed by atoms with Crippen molar-refractivity contribution < 1.29 is 5.11 Å². The normalized spacial score (nSPS) is 35.3. The Kier molecular flexibility index (Phi) is 4.38. The first kappa shape index (κ1) is 14.3. The number of aliphatic hydroxyl groups is 1. The van der Waals surface area contributed by atoms with Gasteiger partial charge >= 0.3 is 0 Å². The summed E-state index contributed by atoms with van der Waals surface area (Å²) in [5.41, 5.74) is 0.359. The van der Waals surface area contributed by atoms with Gasteiger partial charge in [-0.3, -0.25) is 0 Å². The fraction of sp³-hybridized carbons (Fsp3) is 1.00. The van der Waals surface area contributed by atoms with E-state index in [0.29, 0.717) is 11.5 Å². The summed E-state index contributed by atoms with van der Waals surface area (Å²) < 4.78 is 0. The van der Waals surface area contributed by atoms with Gasteiger partial charge in [0.15, 0.2) is 0 Å². The lowest BCUT2D eigenvalue weighted by atomic mass is 9.68. The Morgan fingerprint density at radius 3 is 2.17 bits per heavy atom. The highest BCUT2D eigenvalue weighted by molar-refractivity contribution is 4.94. The van der Waals surface area contributed by atoms with Gasteiger partial charge in [0.25, 0.3) is 0 Å². The molecule has 0 spiro atoms. The van der Waals surface area contributed by atoms with Gasteiger partial charge < -0.3 is 10.0 Å². The molecule has 0 aliphatic heterocycles. The van der Waals surface area contributed by atoms with Gasteiger partial charge in [0, 0.05) is 12.1 Å². The van der Waals surface area contributed by atoms with Crippen molar-refractivity contribution in [3.63, 3.8) is 0 Å². The molecular weight excluding hydrogens is 222 g/mol. The van der Waals surface area contributed by atoms with Crippen LogP contribution in [0.2, 0.25) is 0 Å². The fourth-order valence-electron chi connectivity index (χ4n) is 4.17. The lowest BCUT2D eigenvalue weighted by molar-refractivity contribution is -0.0160. The van der Waals surface area contributed by atoms with Gasteiger partial charge in [-0.25, -0.2) is 0 Å². The van der Waals surface area contributed by atoms with Gasteiger partial charge in [-0.2, -0.15) is 0 Å². The van der Waals surface area contributed by atoms with E-state index in [1.54, 1.807) is 0 Å². The van der Waals surface area contributed by atoms with Gasteiger partial charge in [-0.1, -0.05) is 33.6 Å². The third-order valence-electron chi connectivity index (χ3n) is 5.33. The zero-order valence-corrected chi connectivity index (χ0v) is 12.7. The van der Waals surface area contributed by atoms with Gasteiger partial charge in [0.2, 0.25) is 0 Å². The van der Waals surface area contributed by atoms with Crippen molar-refractivity contribution in [2.45, 2.75) is 83.9 Å². The Hall–Kier alpha value is -0.0800. The number of hydrogen-bond acceptors (Lipinski definition) is 2. The highest BCUT2D eigenvalue weighted by Crippen LogP contribution is 2.41. The van der Waals surface area contributed by atoms with Crippen molar-refractivity contribution in [1.29, 1.82) is 0 Å². The molecule has 2 aliphatic carbocycles. The molecule has 0 aromatic rings. The Morgan fingerprint density at radius 2 is 1.61 bits per heavy atom. The second-order valence-electron chi connectivity index (χ2n) is 7.61. The molecular formula is C16H31NO. The monoisotopic (exact) mass is 253 g/mol. The van der Waals surface area contributed by atoms with Crippen LogP contribution >= 0.6 is 0 Å². The summed E-state index contributed by atoms with van der Waals surface area (Å²) in [5.74, 6) is 0.728. The van der Waals surface area contributed by atoms with Crippen molar-refractivity contribution in [1.82, 2.24) is 4.90 Å². The summed E-state index contributed by atoms with van der Waals surface area (Å²) in [6.45, 7) is 7.10. The summed E-state index contributed by atoms with van der Waals surface area (Å²) in [6.07, 6.45) is 8.60. The molecule has 2 aliphatic rings. The van der Waals surface area contributed by atoms with E-state index in [1.165, 1.54) is 32.1 Å². The van der Waals surface area contributed by atoms with E-state index < -0.39 is 0 Å². The Morgan fingerprint density at radius 1 is 1.00 bits per heavy atom. The maximum atomic E-state index is 10.0.